The van der Waals surface area contributed by atoms with Gasteiger partial charge in [0.1, 0.15) is 5.75 Å². The van der Waals surface area contributed by atoms with Crippen LogP contribution in [0.3, 0.4) is 0 Å². The smallest absolute Gasteiger partial charge is 0.308 e. The van der Waals surface area contributed by atoms with Crippen molar-refractivity contribution in [1.29, 1.82) is 0 Å². The predicted octanol–water partition coefficient (Wildman–Crippen LogP) is 1.63. The van der Waals surface area contributed by atoms with E-state index in [0.717, 1.165) is 5.75 Å². The molecule has 1 heterocycles. The first-order valence-corrected chi connectivity index (χ1v) is 6.77. The molecular formula is C15H19NO4. The van der Waals surface area contributed by atoms with Gasteiger partial charge in [0.25, 0.3) is 0 Å². The van der Waals surface area contributed by atoms with Crippen LogP contribution in [-0.2, 0) is 9.59 Å². The van der Waals surface area contributed by atoms with Gasteiger partial charge in [-0.05, 0) is 18.6 Å². The Labute approximate surface area is 118 Å². The zero-order valence-electron chi connectivity index (χ0n) is 11.5. The van der Waals surface area contributed by atoms with Crippen LogP contribution >= 0.6 is 0 Å². The number of benzene rings is 1. The molecule has 1 aliphatic rings. The van der Waals surface area contributed by atoms with E-state index in [2.05, 4.69) is 0 Å². The molecule has 0 saturated carbocycles. The fourth-order valence-electron chi connectivity index (χ4n) is 2.28. The van der Waals surface area contributed by atoms with Gasteiger partial charge >= 0.3 is 5.97 Å². The van der Waals surface area contributed by atoms with Crippen molar-refractivity contribution in [3.05, 3.63) is 30.3 Å². The summed E-state index contributed by atoms with van der Waals surface area (Å²) in [5.41, 5.74) is 0. The van der Waals surface area contributed by atoms with Crippen LogP contribution in [0.1, 0.15) is 13.3 Å². The minimum Gasteiger partial charge on any atom is -0.493 e. The highest BCUT2D eigenvalue weighted by Crippen LogP contribution is 2.19. The van der Waals surface area contributed by atoms with Gasteiger partial charge < -0.3 is 14.7 Å². The van der Waals surface area contributed by atoms with Crippen LogP contribution in [-0.4, -0.2) is 41.6 Å². The maximum Gasteiger partial charge on any atom is 0.308 e. The number of para-hydroxylation sites is 1. The summed E-state index contributed by atoms with van der Waals surface area (Å²) in [6.07, 6.45) is 0.535. The van der Waals surface area contributed by atoms with Gasteiger partial charge in [-0.3, -0.25) is 9.59 Å². The molecule has 5 nitrogen and oxygen atoms in total. The summed E-state index contributed by atoms with van der Waals surface area (Å²) in [5.74, 6) is -0.834. The molecule has 1 aliphatic heterocycles. The lowest BCUT2D eigenvalue weighted by Crippen LogP contribution is -2.36. The van der Waals surface area contributed by atoms with Crippen molar-refractivity contribution in [2.75, 3.05) is 19.7 Å². The molecule has 0 radical (unpaired) electrons. The van der Waals surface area contributed by atoms with E-state index < -0.39 is 11.9 Å². The summed E-state index contributed by atoms with van der Waals surface area (Å²) in [6.45, 7) is 2.94. The van der Waals surface area contributed by atoms with Crippen molar-refractivity contribution < 1.29 is 19.4 Å². The molecule has 5 heteroatoms. The highest BCUT2D eigenvalue weighted by molar-refractivity contribution is 5.80. The molecule has 2 rings (SSSR count). The van der Waals surface area contributed by atoms with Crippen molar-refractivity contribution in [2.24, 2.45) is 11.8 Å². The molecule has 1 saturated heterocycles. The molecule has 20 heavy (non-hydrogen) atoms. The molecule has 1 fully saturated rings. The summed E-state index contributed by atoms with van der Waals surface area (Å²) < 4.78 is 5.56. The Morgan fingerprint density at radius 3 is 2.70 bits per heavy atom. The lowest BCUT2D eigenvalue weighted by atomic mass is 10.1. The fourth-order valence-corrected chi connectivity index (χ4v) is 2.28. The van der Waals surface area contributed by atoms with E-state index in [1.807, 2.05) is 30.3 Å². The number of hydrogen-bond acceptors (Lipinski definition) is 3. The molecular weight excluding hydrogens is 258 g/mol. The summed E-state index contributed by atoms with van der Waals surface area (Å²) >= 11 is 0. The molecule has 2 unspecified atom stereocenters. The van der Waals surface area contributed by atoms with Gasteiger partial charge in [0.05, 0.1) is 18.4 Å². The molecule has 0 aromatic heterocycles. The topological polar surface area (TPSA) is 66.8 Å². The number of carboxylic acids is 1. The molecule has 1 amide bonds. The number of carbonyl (C=O) groups excluding carboxylic acids is 1. The van der Waals surface area contributed by atoms with Gasteiger partial charge in [0.2, 0.25) is 5.91 Å². The summed E-state index contributed by atoms with van der Waals surface area (Å²) in [6, 6.07) is 9.33. The third-order valence-corrected chi connectivity index (χ3v) is 3.51. The van der Waals surface area contributed by atoms with Crippen LogP contribution in [0.15, 0.2) is 30.3 Å². The Kier molecular flexibility index (Phi) is 4.61. The molecule has 108 valence electrons. The number of nitrogens with zero attached hydrogens (tertiary/aromatic N) is 1. The molecule has 1 aromatic carbocycles. The van der Waals surface area contributed by atoms with Crippen molar-refractivity contribution in [3.63, 3.8) is 0 Å². The zero-order chi connectivity index (χ0) is 14.5. The Bertz CT molecular complexity index is 474. The van der Waals surface area contributed by atoms with E-state index >= 15 is 0 Å². The minimum atomic E-state index is -0.825. The number of carboxylic acid groups (broad SMARTS) is 1. The van der Waals surface area contributed by atoms with Gasteiger partial charge in [-0.1, -0.05) is 25.1 Å². The largest absolute Gasteiger partial charge is 0.493 e. The number of hydrogen-bond donors (Lipinski definition) is 1. The van der Waals surface area contributed by atoms with Crippen molar-refractivity contribution in [3.8, 4) is 5.75 Å². The lowest BCUT2D eigenvalue weighted by Gasteiger charge is -2.20. The number of rotatable bonds is 5. The predicted molar refractivity (Wildman–Crippen MR) is 73.4 cm³/mol. The normalized spacial score (nSPS) is 19.6. The zero-order valence-corrected chi connectivity index (χ0v) is 11.5. The van der Waals surface area contributed by atoms with E-state index in [9.17, 15) is 9.59 Å². The second-order valence-electron chi connectivity index (χ2n) is 5.13. The van der Waals surface area contributed by atoms with E-state index in [-0.39, 0.29) is 11.8 Å². The number of carbonyl (C=O) groups is 2. The maximum atomic E-state index is 12.2. The highest BCUT2D eigenvalue weighted by Gasteiger charge is 2.32. The first-order valence-electron chi connectivity index (χ1n) is 6.77. The average Bonchev–Trinajstić information content (AvgIpc) is 2.95. The first-order chi connectivity index (χ1) is 9.58. The van der Waals surface area contributed by atoms with Crippen LogP contribution < -0.4 is 4.74 Å². The fraction of sp³-hybridized carbons (Fsp3) is 0.467. The minimum absolute atomic E-state index is 0.0373. The Morgan fingerprint density at radius 1 is 1.40 bits per heavy atom. The second-order valence-corrected chi connectivity index (χ2v) is 5.13. The summed E-state index contributed by atoms with van der Waals surface area (Å²) in [7, 11) is 0. The summed E-state index contributed by atoms with van der Waals surface area (Å²) in [4.78, 5) is 24.7. The Morgan fingerprint density at radius 2 is 2.10 bits per heavy atom. The van der Waals surface area contributed by atoms with E-state index in [4.69, 9.17) is 9.84 Å². The number of amides is 1. The number of likely N-dealkylation sites (tertiary alicyclic amines) is 1. The monoisotopic (exact) mass is 277 g/mol. The number of ether oxygens (including phenoxy) is 1. The molecule has 0 bridgehead atoms. The highest BCUT2D eigenvalue weighted by atomic mass is 16.5. The van der Waals surface area contributed by atoms with Gasteiger partial charge in [-0.15, -0.1) is 0 Å². The van der Waals surface area contributed by atoms with Crippen molar-refractivity contribution >= 4 is 11.9 Å². The van der Waals surface area contributed by atoms with Crippen LogP contribution in [0.25, 0.3) is 0 Å². The quantitative estimate of drug-likeness (QED) is 0.888. The average molecular weight is 277 g/mol. The van der Waals surface area contributed by atoms with Crippen LogP contribution in [0.5, 0.6) is 5.75 Å². The second kappa shape index (κ2) is 6.41. The standard InChI is InChI=1S/C15H19NO4/c1-11(10-20-13-5-3-2-4-6-13)14(17)16-8-7-12(9-16)15(18)19/h2-6,11-12H,7-10H2,1H3,(H,18,19). The van der Waals surface area contributed by atoms with E-state index in [1.54, 1.807) is 11.8 Å². The third-order valence-electron chi connectivity index (χ3n) is 3.51. The van der Waals surface area contributed by atoms with Crippen molar-refractivity contribution in [2.45, 2.75) is 13.3 Å². The molecule has 1 N–H and O–H groups in total. The molecule has 0 spiro atoms. The number of aliphatic carboxylic acids is 1. The van der Waals surface area contributed by atoms with Crippen LogP contribution in [0.2, 0.25) is 0 Å². The Hall–Kier alpha value is -2.04. The lowest BCUT2D eigenvalue weighted by molar-refractivity contribution is -0.141. The van der Waals surface area contributed by atoms with Crippen LogP contribution in [0, 0.1) is 11.8 Å². The maximum absolute atomic E-state index is 12.2. The third kappa shape index (κ3) is 3.50. The summed E-state index contributed by atoms with van der Waals surface area (Å²) in [5, 5.41) is 8.94. The SMILES string of the molecule is CC(COc1ccccc1)C(=O)N1CCC(C(=O)O)C1. The van der Waals surface area contributed by atoms with E-state index in [0.29, 0.717) is 26.1 Å². The van der Waals surface area contributed by atoms with Gasteiger partial charge in [-0.2, -0.15) is 0 Å². The Balaban J connectivity index is 1.82. The molecule has 0 aliphatic carbocycles. The molecule has 1 aromatic rings. The van der Waals surface area contributed by atoms with Crippen LogP contribution in [0.4, 0.5) is 0 Å². The van der Waals surface area contributed by atoms with E-state index in [1.165, 1.54) is 0 Å². The van der Waals surface area contributed by atoms with Crippen molar-refractivity contribution in [1.82, 2.24) is 4.90 Å². The van der Waals surface area contributed by atoms with Gasteiger partial charge in [0.15, 0.2) is 0 Å². The van der Waals surface area contributed by atoms with Gasteiger partial charge in [0, 0.05) is 13.1 Å². The molecule has 2 atom stereocenters. The first kappa shape index (κ1) is 14.4. The van der Waals surface area contributed by atoms with Gasteiger partial charge in [-0.25, -0.2) is 0 Å².